The van der Waals surface area contributed by atoms with Crippen LogP contribution in [0.2, 0.25) is 21.6 Å². The number of carbonyl (C=O) groups excluding carboxylic acids is 1. The van der Waals surface area contributed by atoms with Gasteiger partial charge in [-0.15, -0.1) is 0 Å². The zero-order valence-electron chi connectivity index (χ0n) is 13.3. The minimum Gasteiger partial charge on any atom is -0.234 e. The van der Waals surface area contributed by atoms with E-state index in [0.717, 1.165) is 10.8 Å². The smallest absolute Gasteiger partial charge is 0.124 e. The molecule has 0 aliphatic rings. The molecule has 0 saturated carbocycles. The van der Waals surface area contributed by atoms with Gasteiger partial charge in [-0.1, -0.05) is 71.3 Å². The lowest BCUT2D eigenvalue weighted by Crippen LogP contribution is -2.46. The maximum atomic E-state index is 11.8. The molecule has 1 nitrogen and oxygen atoms in total. The highest BCUT2D eigenvalue weighted by Crippen LogP contribution is 2.49. The Kier molecular flexibility index (Phi) is 5.82. The summed E-state index contributed by atoms with van der Waals surface area (Å²) in [7, 11) is -2.02. The third kappa shape index (κ3) is 2.78. The summed E-state index contributed by atoms with van der Waals surface area (Å²) in [4.78, 5) is 11.8. The van der Waals surface area contributed by atoms with Crippen molar-refractivity contribution in [3.63, 3.8) is 0 Å². The molecule has 20 heavy (non-hydrogen) atoms. The number of hydrogen-bond acceptors (Lipinski definition) is 1. The Balaban J connectivity index is 3.62. The molecule has 0 aliphatic carbocycles. The summed E-state index contributed by atoms with van der Waals surface area (Å²) in [5.41, 5.74) is 2.28. The Morgan fingerprint density at radius 3 is 1.80 bits per heavy atom. The van der Waals surface area contributed by atoms with Crippen LogP contribution in [0, 0.1) is 0 Å². The molecule has 1 aromatic carbocycles. The summed E-state index contributed by atoms with van der Waals surface area (Å²) in [6.45, 7) is 13.4. The first-order valence-electron chi connectivity index (χ1n) is 7.30. The van der Waals surface area contributed by atoms with Crippen molar-refractivity contribution in [2.75, 3.05) is 0 Å². The second kappa shape index (κ2) is 6.75. The molecule has 0 amide bonds. The highest BCUT2D eigenvalue weighted by Gasteiger charge is 2.47. The predicted molar refractivity (Wildman–Crippen MR) is 91.6 cm³/mol. The standard InChI is InChI=1S/C17H25ClOSi/c1-12(2)20(13(3)4,14(5)6)17(11-19)15-9-7-8-10-16(15)18/h7-10,12-14H,1-6H3. The molecule has 0 heterocycles. The minimum absolute atomic E-state index is 0.468. The summed E-state index contributed by atoms with van der Waals surface area (Å²) >= 11 is 6.34. The van der Waals surface area contributed by atoms with Crippen LogP contribution in [-0.4, -0.2) is 14.0 Å². The predicted octanol–water partition coefficient (Wildman–Crippen LogP) is 5.77. The lowest BCUT2D eigenvalue weighted by Gasteiger charge is -2.43. The van der Waals surface area contributed by atoms with Gasteiger partial charge in [0.05, 0.1) is 0 Å². The van der Waals surface area contributed by atoms with Crippen molar-refractivity contribution < 1.29 is 4.79 Å². The molecule has 110 valence electrons. The van der Waals surface area contributed by atoms with Gasteiger partial charge in [-0.05, 0) is 22.7 Å². The first-order chi connectivity index (χ1) is 9.29. The van der Waals surface area contributed by atoms with E-state index in [9.17, 15) is 4.79 Å². The molecule has 0 bridgehead atoms. The molecule has 0 saturated heterocycles. The van der Waals surface area contributed by atoms with E-state index in [1.165, 1.54) is 0 Å². The Morgan fingerprint density at radius 1 is 1.00 bits per heavy atom. The van der Waals surface area contributed by atoms with Crippen LogP contribution >= 0.6 is 11.6 Å². The van der Waals surface area contributed by atoms with Gasteiger partial charge in [-0.25, -0.2) is 4.79 Å². The SMILES string of the molecule is CC(C)[Si](C(=C=O)c1ccccc1Cl)(C(C)C)C(C)C. The average Bonchev–Trinajstić information content (AvgIpc) is 2.35. The first-order valence-corrected chi connectivity index (χ1v) is 9.91. The molecule has 0 fully saturated rings. The van der Waals surface area contributed by atoms with Gasteiger partial charge in [0.1, 0.15) is 14.0 Å². The third-order valence-corrected chi connectivity index (χ3v) is 11.8. The van der Waals surface area contributed by atoms with Crippen LogP contribution in [0.1, 0.15) is 47.1 Å². The van der Waals surface area contributed by atoms with Crippen molar-refractivity contribution in [2.45, 2.75) is 58.2 Å². The van der Waals surface area contributed by atoms with Gasteiger partial charge in [0.2, 0.25) is 0 Å². The van der Waals surface area contributed by atoms with Gasteiger partial charge in [0.25, 0.3) is 0 Å². The van der Waals surface area contributed by atoms with Crippen LogP contribution in [0.5, 0.6) is 0 Å². The Bertz CT molecular complexity index is 492. The molecule has 0 aromatic heterocycles. The second-order valence-electron chi connectivity index (χ2n) is 6.35. The largest absolute Gasteiger partial charge is 0.234 e. The fourth-order valence-electron chi connectivity index (χ4n) is 3.91. The van der Waals surface area contributed by atoms with E-state index in [-0.39, 0.29) is 0 Å². The van der Waals surface area contributed by atoms with Crippen molar-refractivity contribution in [1.29, 1.82) is 0 Å². The van der Waals surface area contributed by atoms with Crippen molar-refractivity contribution in [2.24, 2.45) is 0 Å². The van der Waals surface area contributed by atoms with E-state index in [1.807, 2.05) is 24.3 Å². The van der Waals surface area contributed by atoms with Gasteiger partial charge in [-0.3, -0.25) is 0 Å². The molecule has 3 heteroatoms. The maximum absolute atomic E-state index is 11.8. The highest BCUT2D eigenvalue weighted by molar-refractivity contribution is 7.01. The molecule has 1 aromatic rings. The van der Waals surface area contributed by atoms with Crippen LogP contribution in [0.15, 0.2) is 24.3 Å². The zero-order valence-corrected chi connectivity index (χ0v) is 15.1. The normalized spacial score (nSPS) is 12.1. The summed E-state index contributed by atoms with van der Waals surface area (Å²) in [6, 6.07) is 7.65. The summed E-state index contributed by atoms with van der Waals surface area (Å²) in [5, 5.41) is 1.51. The van der Waals surface area contributed by atoms with Gasteiger partial charge in [0, 0.05) is 15.8 Å². The summed E-state index contributed by atoms with van der Waals surface area (Å²) in [5.74, 6) is 2.29. The number of halogens is 1. The van der Waals surface area contributed by atoms with E-state index in [0.29, 0.717) is 21.6 Å². The first kappa shape index (κ1) is 17.2. The monoisotopic (exact) mass is 308 g/mol. The van der Waals surface area contributed by atoms with Gasteiger partial charge < -0.3 is 0 Å². The van der Waals surface area contributed by atoms with Crippen molar-refractivity contribution in [3.05, 3.63) is 34.9 Å². The topological polar surface area (TPSA) is 17.1 Å². The molecule has 0 atom stereocenters. The fraction of sp³-hybridized carbons (Fsp3) is 0.529. The quantitative estimate of drug-likeness (QED) is 0.498. The van der Waals surface area contributed by atoms with Crippen LogP contribution in [0.4, 0.5) is 0 Å². The number of rotatable bonds is 5. The van der Waals surface area contributed by atoms with Gasteiger partial charge in [-0.2, -0.15) is 0 Å². The fourth-order valence-corrected chi connectivity index (χ4v) is 10.8. The lowest BCUT2D eigenvalue weighted by molar-refractivity contribution is 0.569. The summed E-state index contributed by atoms with van der Waals surface area (Å²) < 4.78 is 0. The van der Waals surface area contributed by atoms with Gasteiger partial charge >= 0.3 is 0 Å². The van der Waals surface area contributed by atoms with E-state index in [4.69, 9.17) is 11.6 Å². The van der Waals surface area contributed by atoms with Crippen LogP contribution in [0.25, 0.3) is 5.20 Å². The molecule has 1 rings (SSSR count). The van der Waals surface area contributed by atoms with Crippen molar-refractivity contribution in [3.8, 4) is 0 Å². The molecule has 0 aliphatic heterocycles. The van der Waals surface area contributed by atoms with E-state index < -0.39 is 8.07 Å². The third-order valence-electron chi connectivity index (χ3n) is 4.54. The van der Waals surface area contributed by atoms with E-state index in [2.05, 4.69) is 47.5 Å². The molecular formula is C17H25ClOSi. The molecule has 0 N–H and O–H groups in total. The van der Waals surface area contributed by atoms with E-state index in [1.54, 1.807) is 0 Å². The molecule has 0 spiro atoms. The maximum Gasteiger partial charge on any atom is 0.124 e. The number of benzene rings is 1. The lowest BCUT2D eigenvalue weighted by atomic mass is 10.2. The Labute approximate surface area is 129 Å². The summed E-state index contributed by atoms with van der Waals surface area (Å²) in [6.07, 6.45) is 0. The van der Waals surface area contributed by atoms with E-state index >= 15 is 0 Å². The number of hydrogen-bond donors (Lipinski definition) is 0. The van der Waals surface area contributed by atoms with Crippen LogP contribution in [0.3, 0.4) is 0 Å². The van der Waals surface area contributed by atoms with Gasteiger partial charge in [0.15, 0.2) is 0 Å². The van der Waals surface area contributed by atoms with Crippen molar-refractivity contribution >= 4 is 30.8 Å². The average molecular weight is 309 g/mol. The second-order valence-corrected chi connectivity index (χ2v) is 12.6. The van der Waals surface area contributed by atoms with Crippen LogP contribution < -0.4 is 0 Å². The molecule has 0 unspecified atom stereocenters. The Morgan fingerprint density at radius 2 is 1.45 bits per heavy atom. The molecular weight excluding hydrogens is 284 g/mol. The minimum atomic E-state index is -2.02. The zero-order chi connectivity index (χ0) is 15.5. The van der Waals surface area contributed by atoms with Crippen molar-refractivity contribution in [1.82, 2.24) is 0 Å². The molecule has 0 radical (unpaired) electrons. The Hall–Kier alpha value is -0.823. The highest BCUT2D eigenvalue weighted by atomic mass is 35.5. The van der Waals surface area contributed by atoms with Crippen LogP contribution in [-0.2, 0) is 4.79 Å².